The number of amides is 1. The van der Waals surface area contributed by atoms with Gasteiger partial charge in [0.05, 0.1) is 0 Å². The first kappa shape index (κ1) is 17.2. The standard InChI is InChI=1S/C18H21FN4O2/c19-15-1-3-16(4-2-15)25-13-18(24)23-9-7-22(8-10-23)12-14-5-6-21-17(20)11-14/h1-6,11H,7-10,12-13H2,(H2,20,21). The molecule has 2 aromatic rings. The molecule has 1 aliphatic rings. The van der Waals surface area contributed by atoms with Crippen molar-refractivity contribution < 1.29 is 13.9 Å². The van der Waals surface area contributed by atoms with Crippen LogP contribution in [-0.2, 0) is 11.3 Å². The summed E-state index contributed by atoms with van der Waals surface area (Å²) in [6.07, 6.45) is 1.71. The van der Waals surface area contributed by atoms with Gasteiger partial charge in [-0.2, -0.15) is 0 Å². The third kappa shape index (κ3) is 4.90. The molecule has 2 heterocycles. The van der Waals surface area contributed by atoms with Crippen molar-refractivity contribution in [2.45, 2.75) is 6.54 Å². The number of ether oxygens (including phenoxy) is 1. The van der Waals surface area contributed by atoms with E-state index in [1.165, 1.54) is 24.3 Å². The minimum absolute atomic E-state index is 0.0352. The van der Waals surface area contributed by atoms with Gasteiger partial charge in [0.2, 0.25) is 0 Å². The lowest BCUT2D eigenvalue weighted by Crippen LogP contribution is -2.49. The molecule has 0 radical (unpaired) electrons. The Bertz CT molecular complexity index is 715. The molecule has 0 unspecified atom stereocenters. The maximum atomic E-state index is 12.8. The fraction of sp³-hybridized carbons (Fsp3) is 0.333. The van der Waals surface area contributed by atoms with Crippen molar-refractivity contribution in [3.8, 4) is 5.75 Å². The Hall–Kier alpha value is -2.67. The van der Waals surface area contributed by atoms with Crippen LogP contribution < -0.4 is 10.5 Å². The second-order valence-corrected chi connectivity index (χ2v) is 5.99. The van der Waals surface area contributed by atoms with Crippen molar-refractivity contribution in [2.75, 3.05) is 38.5 Å². The molecule has 3 rings (SSSR count). The predicted octanol–water partition coefficient (Wildman–Crippen LogP) is 1.53. The number of hydrogen-bond donors (Lipinski definition) is 1. The molecular weight excluding hydrogens is 323 g/mol. The van der Waals surface area contributed by atoms with Gasteiger partial charge in [0.1, 0.15) is 17.4 Å². The van der Waals surface area contributed by atoms with Crippen LogP contribution in [0.15, 0.2) is 42.6 Å². The van der Waals surface area contributed by atoms with E-state index in [4.69, 9.17) is 10.5 Å². The normalized spacial score (nSPS) is 15.2. The van der Waals surface area contributed by atoms with Crippen LogP contribution in [0.3, 0.4) is 0 Å². The van der Waals surface area contributed by atoms with Gasteiger partial charge in [0.25, 0.3) is 5.91 Å². The molecule has 2 N–H and O–H groups in total. The molecule has 0 atom stereocenters. The van der Waals surface area contributed by atoms with Gasteiger partial charge >= 0.3 is 0 Å². The predicted molar refractivity (Wildman–Crippen MR) is 92.4 cm³/mol. The summed E-state index contributed by atoms with van der Waals surface area (Å²) in [6.45, 7) is 3.67. The highest BCUT2D eigenvalue weighted by molar-refractivity contribution is 5.77. The molecule has 0 saturated carbocycles. The number of carbonyl (C=O) groups is 1. The molecule has 25 heavy (non-hydrogen) atoms. The first-order valence-electron chi connectivity index (χ1n) is 8.19. The number of hydrogen-bond acceptors (Lipinski definition) is 5. The highest BCUT2D eigenvalue weighted by Gasteiger charge is 2.21. The molecule has 7 heteroatoms. The fourth-order valence-corrected chi connectivity index (χ4v) is 2.77. The van der Waals surface area contributed by atoms with Crippen molar-refractivity contribution in [3.05, 3.63) is 54.0 Å². The quantitative estimate of drug-likeness (QED) is 0.891. The molecule has 0 aliphatic carbocycles. The summed E-state index contributed by atoms with van der Waals surface area (Å²) in [5, 5.41) is 0. The van der Waals surface area contributed by atoms with Crippen LogP contribution in [0.2, 0.25) is 0 Å². The number of pyridine rings is 1. The van der Waals surface area contributed by atoms with E-state index in [1.807, 2.05) is 12.1 Å². The van der Waals surface area contributed by atoms with Gasteiger partial charge in [-0.1, -0.05) is 0 Å². The highest BCUT2D eigenvalue weighted by atomic mass is 19.1. The first-order valence-corrected chi connectivity index (χ1v) is 8.19. The van der Waals surface area contributed by atoms with Crippen LogP contribution in [0, 0.1) is 5.82 Å². The number of carbonyl (C=O) groups excluding carboxylic acids is 1. The average Bonchev–Trinajstić information content (AvgIpc) is 2.62. The fourth-order valence-electron chi connectivity index (χ4n) is 2.77. The molecule has 6 nitrogen and oxygen atoms in total. The van der Waals surface area contributed by atoms with Gasteiger partial charge in [-0.15, -0.1) is 0 Å². The van der Waals surface area contributed by atoms with Gasteiger partial charge in [0.15, 0.2) is 6.61 Å². The minimum atomic E-state index is -0.328. The lowest BCUT2D eigenvalue weighted by Gasteiger charge is -2.34. The number of halogens is 1. The van der Waals surface area contributed by atoms with E-state index in [0.717, 1.165) is 25.2 Å². The summed E-state index contributed by atoms with van der Waals surface area (Å²) in [5.41, 5.74) is 6.82. The van der Waals surface area contributed by atoms with Crippen molar-refractivity contribution in [1.29, 1.82) is 0 Å². The van der Waals surface area contributed by atoms with Crippen LogP contribution in [0.25, 0.3) is 0 Å². The van der Waals surface area contributed by atoms with Crippen LogP contribution in [0.5, 0.6) is 5.75 Å². The van der Waals surface area contributed by atoms with E-state index in [-0.39, 0.29) is 18.3 Å². The largest absolute Gasteiger partial charge is 0.484 e. The zero-order valence-corrected chi connectivity index (χ0v) is 13.9. The molecule has 0 spiro atoms. The number of benzene rings is 1. The lowest BCUT2D eigenvalue weighted by molar-refractivity contribution is -0.135. The van der Waals surface area contributed by atoms with E-state index < -0.39 is 0 Å². The van der Waals surface area contributed by atoms with Gasteiger partial charge in [0, 0.05) is 38.9 Å². The van der Waals surface area contributed by atoms with E-state index in [9.17, 15) is 9.18 Å². The van der Waals surface area contributed by atoms with Crippen LogP contribution >= 0.6 is 0 Å². The third-order valence-corrected chi connectivity index (χ3v) is 4.15. The molecule has 1 aromatic carbocycles. The van der Waals surface area contributed by atoms with E-state index in [0.29, 0.717) is 24.7 Å². The third-order valence-electron chi connectivity index (χ3n) is 4.15. The van der Waals surface area contributed by atoms with Crippen LogP contribution in [-0.4, -0.2) is 53.5 Å². The summed E-state index contributed by atoms with van der Waals surface area (Å²) in [7, 11) is 0. The second kappa shape index (κ2) is 7.94. The monoisotopic (exact) mass is 344 g/mol. The highest BCUT2D eigenvalue weighted by Crippen LogP contribution is 2.13. The number of nitrogen functional groups attached to an aromatic ring is 1. The smallest absolute Gasteiger partial charge is 0.260 e. The molecule has 1 saturated heterocycles. The van der Waals surface area contributed by atoms with Crippen molar-refractivity contribution in [3.63, 3.8) is 0 Å². The average molecular weight is 344 g/mol. The summed E-state index contributed by atoms with van der Waals surface area (Å²) >= 11 is 0. The topological polar surface area (TPSA) is 71.7 Å². The summed E-state index contributed by atoms with van der Waals surface area (Å²) in [6, 6.07) is 9.47. The second-order valence-electron chi connectivity index (χ2n) is 5.99. The molecule has 0 bridgehead atoms. The number of aromatic nitrogens is 1. The number of nitrogens with zero attached hydrogens (tertiary/aromatic N) is 3. The molecule has 1 amide bonds. The van der Waals surface area contributed by atoms with Crippen LogP contribution in [0.4, 0.5) is 10.2 Å². The first-order chi connectivity index (χ1) is 12.1. The zero-order chi connectivity index (χ0) is 17.6. The SMILES string of the molecule is Nc1cc(CN2CCN(C(=O)COc3ccc(F)cc3)CC2)ccn1. The summed E-state index contributed by atoms with van der Waals surface area (Å²) in [5.74, 6) is 0.621. The maximum Gasteiger partial charge on any atom is 0.260 e. The van der Waals surface area contributed by atoms with Gasteiger partial charge in [-0.25, -0.2) is 9.37 Å². The Labute approximate surface area is 146 Å². The molecule has 132 valence electrons. The summed E-state index contributed by atoms with van der Waals surface area (Å²) < 4.78 is 18.3. The Morgan fingerprint density at radius 3 is 2.56 bits per heavy atom. The molecular formula is C18H21FN4O2. The Balaban J connectivity index is 1.43. The maximum absolute atomic E-state index is 12.8. The van der Waals surface area contributed by atoms with E-state index in [1.54, 1.807) is 11.1 Å². The zero-order valence-electron chi connectivity index (χ0n) is 13.9. The Morgan fingerprint density at radius 1 is 1.16 bits per heavy atom. The lowest BCUT2D eigenvalue weighted by atomic mass is 10.2. The number of rotatable bonds is 5. The van der Waals surface area contributed by atoms with E-state index in [2.05, 4.69) is 9.88 Å². The number of nitrogens with two attached hydrogens (primary N) is 1. The molecule has 1 aliphatic heterocycles. The van der Waals surface area contributed by atoms with Gasteiger partial charge < -0.3 is 15.4 Å². The molecule has 1 fully saturated rings. The molecule has 1 aromatic heterocycles. The van der Waals surface area contributed by atoms with Crippen molar-refractivity contribution in [1.82, 2.24) is 14.8 Å². The number of anilines is 1. The Kier molecular flexibility index (Phi) is 5.45. The van der Waals surface area contributed by atoms with Crippen molar-refractivity contribution >= 4 is 11.7 Å². The summed E-state index contributed by atoms with van der Waals surface area (Å²) in [4.78, 5) is 20.3. The van der Waals surface area contributed by atoms with Gasteiger partial charge in [-0.3, -0.25) is 9.69 Å². The van der Waals surface area contributed by atoms with E-state index >= 15 is 0 Å². The van der Waals surface area contributed by atoms with Gasteiger partial charge in [-0.05, 0) is 42.0 Å². The Morgan fingerprint density at radius 2 is 1.88 bits per heavy atom. The minimum Gasteiger partial charge on any atom is -0.484 e. The number of piperazine rings is 1. The van der Waals surface area contributed by atoms with Crippen molar-refractivity contribution in [2.24, 2.45) is 0 Å². The van der Waals surface area contributed by atoms with Crippen LogP contribution in [0.1, 0.15) is 5.56 Å².